The number of carbonyl (C=O) groups excluding carboxylic acids is 2. The zero-order valence-electron chi connectivity index (χ0n) is 11.9. The number of ether oxygens (including phenoxy) is 1. The van der Waals surface area contributed by atoms with Crippen LogP contribution < -0.4 is 10.1 Å². The van der Waals surface area contributed by atoms with Crippen molar-refractivity contribution < 1.29 is 14.3 Å². The second kappa shape index (κ2) is 7.75. The Morgan fingerprint density at radius 1 is 1.30 bits per heavy atom. The summed E-state index contributed by atoms with van der Waals surface area (Å²) in [6, 6.07) is 4.88. The molecule has 5 nitrogen and oxygen atoms in total. The van der Waals surface area contributed by atoms with E-state index in [1.165, 1.54) is 6.92 Å². The van der Waals surface area contributed by atoms with Gasteiger partial charge in [-0.2, -0.15) is 0 Å². The topological polar surface area (TPSA) is 58.6 Å². The molecule has 110 valence electrons. The van der Waals surface area contributed by atoms with E-state index in [4.69, 9.17) is 16.3 Å². The molecule has 0 atom stereocenters. The Kier molecular flexibility index (Phi) is 6.31. The summed E-state index contributed by atoms with van der Waals surface area (Å²) in [4.78, 5) is 24.4. The Balaban J connectivity index is 2.65. The number of carbonyl (C=O) groups is 2. The molecule has 0 radical (unpaired) electrons. The predicted molar refractivity (Wildman–Crippen MR) is 79.2 cm³/mol. The summed E-state index contributed by atoms with van der Waals surface area (Å²) in [5.74, 6) is 0.157. The van der Waals surface area contributed by atoms with Gasteiger partial charge in [0.1, 0.15) is 5.75 Å². The van der Waals surface area contributed by atoms with E-state index in [-0.39, 0.29) is 18.4 Å². The fourth-order valence-electron chi connectivity index (χ4n) is 1.71. The lowest BCUT2D eigenvalue weighted by Gasteiger charge is -2.19. The summed E-state index contributed by atoms with van der Waals surface area (Å²) in [5.41, 5.74) is 0.588. The first-order valence-electron chi connectivity index (χ1n) is 6.45. The van der Waals surface area contributed by atoms with Crippen molar-refractivity contribution in [3.05, 3.63) is 23.2 Å². The summed E-state index contributed by atoms with van der Waals surface area (Å²) in [5, 5.41) is 2.97. The lowest BCUT2D eigenvalue weighted by atomic mass is 10.3. The number of halogens is 1. The molecule has 0 saturated carbocycles. The number of hydrogen-bond acceptors (Lipinski definition) is 3. The van der Waals surface area contributed by atoms with E-state index in [0.717, 1.165) is 0 Å². The molecule has 0 aliphatic heterocycles. The molecule has 0 bridgehead atoms. The van der Waals surface area contributed by atoms with Crippen molar-refractivity contribution in [3.8, 4) is 5.75 Å². The summed E-state index contributed by atoms with van der Waals surface area (Å²) < 4.78 is 5.41. The van der Waals surface area contributed by atoms with Gasteiger partial charge in [0.05, 0.1) is 5.02 Å². The van der Waals surface area contributed by atoms with E-state index in [9.17, 15) is 9.59 Å². The first-order chi connectivity index (χ1) is 9.47. The average Bonchev–Trinajstić information content (AvgIpc) is 2.38. The molecule has 1 rings (SSSR count). The van der Waals surface area contributed by atoms with Crippen molar-refractivity contribution in [2.75, 3.05) is 25.0 Å². The second-order valence-electron chi connectivity index (χ2n) is 4.18. The Bertz CT molecular complexity index is 487. The van der Waals surface area contributed by atoms with Crippen LogP contribution in [0.2, 0.25) is 5.02 Å². The Hall–Kier alpha value is -1.75. The molecule has 1 N–H and O–H groups in total. The van der Waals surface area contributed by atoms with Gasteiger partial charge in [-0.1, -0.05) is 11.6 Å². The molecule has 0 spiro atoms. The summed E-state index contributed by atoms with van der Waals surface area (Å²) in [6.07, 6.45) is 0. The largest absolute Gasteiger partial charge is 0.482 e. The number of rotatable bonds is 6. The molecule has 0 heterocycles. The molecular formula is C14H19ClN2O3. The minimum Gasteiger partial charge on any atom is -0.482 e. The first-order valence-corrected chi connectivity index (χ1v) is 6.83. The van der Waals surface area contributed by atoms with Crippen LogP contribution >= 0.6 is 11.6 Å². The fourth-order valence-corrected chi connectivity index (χ4v) is 1.94. The Morgan fingerprint density at radius 3 is 2.45 bits per heavy atom. The second-order valence-corrected chi connectivity index (χ2v) is 4.59. The molecule has 6 heteroatoms. The highest BCUT2D eigenvalue weighted by atomic mass is 35.5. The molecule has 0 saturated heterocycles. The summed E-state index contributed by atoms with van der Waals surface area (Å²) >= 11 is 6.04. The lowest BCUT2D eigenvalue weighted by Crippen LogP contribution is -2.34. The third-order valence-corrected chi connectivity index (χ3v) is 3.01. The third-order valence-electron chi connectivity index (χ3n) is 2.72. The normalized spacial score (nSPS) is 10.0. The quantitative estimate of drug-likeness (QED) is 0.878. The van der Waals surface area contributed by atoms with Gasteiger partial charge in [0.2, 0.25) is 5.91 Å². The van der Waals surface area contributed by atoms with E-state index < -0.39 is 0 Å². The standard InChI is InChI=1S/C14H19ClN2O3/c1-4-17(5-2)14(19)9-20-13-7-6-11(8-12(13)15)16-10(3)18/h6-8H,4-5,9H2,1-3H3,(H,16,18). The molecule has 0 aromatic heterocycles. The summed E-state index contributed by atoms with van der Waals surface area (Å²) in [7, 11) is 0. The zero-order chi connectivity index (χ0) is 15.1. The fraction of sp³-hybridized carbons (Fsp3) is 0.429. The van der Waals surface area contributed by atoms with Crippen LogP contribution in [0.15, 0.2) is 18.2 Å². The summed E-state index contributed by atoms with van der Waals surface area (Å²) in [6.45, 7) is 6.48. The van der Waals surface area contributed by atoms with Gasteiger partial charge in [-0.15, -0.1) is 0 Å². The molecule has 0 unspecified atom stereocenters. The van der Waals surface area contributed by atoms with Crippen LogP contribution in [0.25, 0.3) is 0 Å². The van der Waals surface area contributed by atoms with E-state index in [1.54, 1.807) is 23.1 Å². The molecule has 0 aliphatic carbocycles. The molecule has 1 aromatic rings. The number of hydrogen-bond donors (Lipinski definition) is 1. The van der Waals surface area contributed by atoms with Crippen molar-refractivity contribution in [1.82, 2.24) is 4.90 Å². The maximum absolute atomic E-state index is 11.8. The van der Waals surface area contributed by atoms with Gasteiger partial charge < -0.3 is 15.0 Å². The van der Waals surface area contributed by atoms with Crippen molar-refractivity contribution in [2.45, 2.75) is 20.8 Å². The molecule has 20 heavy (non-hydrogen) atoms. The number of benzene rings is 1. The molecule has 0 fully saturated rings. The van der Waals surface area contributed by atoms with Gasteiger partial charge in [0.25, 0.3) is 5.91 Å². The minimum atomic E-state index is -0.175. The molecular weight excluding hydrogens is 280 g/mol. The zero-order valence-corrected chi connectivity index (χ0v) is 12.7. The number of anilines is 1. The van der Waals surface area contributed by atoms with Crippen molar-refractivity contribution in [2.24, 2.45) is 0 Å². The SMILES string of the molecule is CCN(CC)C(=O)COc1ccc(NC(C)=O)cc1Cl. The van der Waals surface area contributed by atoms with Crippen LogP contribution in [0.5, 0.6) is 5.75 Å². The van der Waals surface area contributed by atoms with Crippen LogP contribution in [0, 0.1) is 0 Å². The van der Waals surface area contributed by atoms with Crippen molar-refractivity contribution >= 4 is 29.1 Å². The van der Waals surface area contributed by atoms with Gasteiger partial charge in [0, 0.05) is 25.7 Å². The van der Waals surface area contributed by atoms with Crippen LogP contribution in [-0.2, 0) is 9.59 Å². The average molecular weight is 299 g/mol. The smallest absolute Gasteiger partial charge is 0.260 e. The van der Waals surface area contributed by atoms with Gasteiger partial charge >= 0.3 is 0 Å². The molecule has 2 amide bonds. The third kappa shape index (κ3) is 4.74. The first kappa shape index (κ1) is 16.3. The number of likely N-dealkylation sites (N-methyl/N-ethyl adjacent to an activating group) is 1. The number of nitrogens with zero attached hydrogens (tertiary/aromatic N) is 1. The monoisotopic (exact) mass is 298 g/mol. The highest BCUT2D eigenvalue weighted by molar-refractivity contribution is 6.32. The molecule has 0 aliphatic rings. The Morgan fingerprint density at radius 2 is 1.95 bits per heavy atom. The van der Waals surface area contributed by atoms with E-state index in [0.29, 0.717) is 29.5 Å². The van der Waals surface area contributed by atoms with Crippen molar-refractivity contribution in [1.29, 1.82) is 0 Å². The van der Waals surface area contributed by atoms with Gasteiger partial charge in [0.15, 0.2) is 6.61 Å². The van der Waals surface area contributed by atoms with E-state index in [1.807, 2.05) is 13.8 Å². The predicted octanol–water partition coefficient (Wildman–Crippen LogP) is 2.55. The van der Waals surface area contributed by atoms with Crippen LogP contribution in [-0.4, -0.2) is 36.4 Å². The number of amides is 2. The van der Waals surface area contributed by atoms with Gasteiger partial charge in [-0.3, -0.25) is 9.59 Å². The van der Waals surface area contributed by atoms with Crippen LogP contribution in [0.1, 0.15) is 20.8 Å². The maximum atomic E-state index is 11.8. The van der Waals surface area contributed by atoms with Gasteiger partial charge in [-0.05, 0) is 32.0 Å². The van der Waals surface area contributed by atoms with Crippen LogP contribution in [0.4, 0.5) is 5.69 Å². The highest BCUT2D eigenvalue weighted by Gasteiger charge is 2.11. The number of nitrogens with one attached hydrogen (secondary N) is 1. The maximum Gasteiger partial charge on any atom is 0.260 e. The highest BCUT2D eigenvalue weighted by Crippen LogP contribution is 2.27. The lowest BCUT2D eigenvalue weighted by molar-refractivity contribution is -0.133. The van der Waals surface area contributed by atoms with Gasteiger partial charge in [-0.25, -0.2) is 0 Å². The van der Waals surface area contributed by atoms with Crippen LogP contribution in [0.3, 0.4) is 0 Å². The van der Waals surface area contributed by atoms with Crippen molar-refractivity contribution in [3.63, 3.8) is 0 Å². The molecule has 1 aromatic carbocycles. The van der Waals surface area contributed by atoms with E-state index >= 15 is 0 Å². The minimum absolute atomic E-state index is 0.0547. The van der Waals surface area contributed by atoms with E-state index in [2.05, 4.69) is 5.32 Å². The Labute approximate surface area is 123 Å².